The summed E-state index contributed by atoms with van der Waals surface area (Å²) >= 11 is 0. The molecule has 1 saturated heterocycles. The number of benzene rings is 3. The van der Waals surface area contributed by atoms with E-state index in [2.05, 4.69) is 23.1 Å². The number of hydrogen-bond donors (Lipinski definition) is 1. The fourth-order valence-electron chi connectivity index (χ4n) is 4.79. The van der Waals surface area contributed by atoms with Gasteiger partial charge in [0.25, 0.3) is 0 Å². The Balaban J connectivity index is 1.43. The van der Waals surface area contributed by atoms with Crippen molar-refractivity contribution in [3.05, 3.63) is 95.6 Å². The Morgan fingerprint density at radius 2 is 1.66 bits per heavy atom. The van der Waals surface area contributed by atoms with Crippen LogP contribution in [0, 0.1) is 12.3 Å². The molecule has 5 heteroatoms. The lowest BCUT2D eigenvalue weighted by atomic mass is 9.75. The summed E-state index contributed by atoms with van der Waals surface area (Å²) < 4.78 is 6.21. The molecule has 0 radical (unpaired) electrons. The number of aryl methyl sites for hydroxylation is 1. The number of nitrogens with zero attached hydrogens (tertiary/aromatic N) is 2. The van der Waals surface area contributed by atoms with Gasteiger partial charge in [-0.1, -0.05) is 66.2 Å². The molecule has 3 aromatic carbocycles. The maximum absolute atomic E-state index is 13.3. The van der Waals surface area contributed by atoms with Crippen LogP contribution in [-0.4, -0.2) is 47.6 Å². The number of carbonyl (C=O) groups excluding carboxylic acids is 1. The zero-order valence-corrected chi connectivity index (χ0v) is 20.8. The third kappa shape index (κ3) is 6.86. The average molecular weight is 473 g/mol. The fourth-order valence-corrected chi connectivity index (χ4v) is 4.79. The van der Waals surface area contributed by atoms with Crippen molar-refractivity contribution in [1.82, 2.24) is 9.80 Å². The van der Waals surface area contributed by atoms with E-state index < -0.39 is 0 Å². The molecule has 3 aromatic rings. The van der Waals surface area contributed by atoms with Gasteiger partial charge in [-0.05, 0) is 56.6 Å². The Labute approximate surface area is 209 Å². The number of ether oxygens (including phenoxy) is 1. The second kappa shape index (κ2) is 11.4. The molecule has 4 rings (SSSR count). The molecule has 5 nitrogen and oxygen atoms in total. The molecule has 0 spiro atoms. The largest absolute Gasteiger partial charge is 0.508 e. The number of rotatable bonds is 9. The molecule has 0 aromatic heterocycles. The predicted octanol–water partition coefficient (Wildman–Crippen LogP) is 5.41. The molecule has 1 N–H and O–H groups in total. The van der Waals surface area contributed by atoms with Crippen molar-refractivity contribution in [2.75, 3.05) is 26.7 Å². The van der Waals surface area contributed by atoms with Gasteiger partial charge >= 0.3 is 0 Å². The normalized spacial score (nSPS) is 15.5. The second-order valence-corrected chi connectivity index (χ2v) is 9.92. The van der Waals surface area contributed by atoms with Crippen molar-refractivity contribution in [2.24, 2.45) is 5.41 Å². The standard InChI is InChI=1S/C30H36N2O3/c1-24-13-14-28(33)26(19-24)22-32-17-15-30(16-18-32,23-35-27-11-7-4-8-12-27)20-29(34)31(2)21-25-9-5-3-6-10-25/h3-14,19,33H,15-18,20-23H2,1-2H3. The number of phenols is 1. The van der Waals surface area contributed by atoms with Crippen molar-refractivity contribution < 1.29 is 14.6 Å². The molecule has 1 heterocycles. The first-order chi connectivity index (χ1) is 16.9. The van der Waals surface area contributed by atoms with Crippen LogP contribution < -0.4 is 4.74 Å². The van der Waals surface area contributed by atoms with Gasteiger partial charge in [0.2, 0.25) is 5.91 Å². The number of phenolic OH excluding ortho intramolecular Hbond substituents is 1. The van der Waals surface area contributed by atoms with Crippen molar-refractivity contribution in [2.45, 2.75) is 39.3 Å². The zero-order chi connectivity index (χ0) is 24.7. The third-order valence-electron chi connectivity index (χ3n) is 7.05. The van der Waals surface area contributed by atoms with E-state index in [1.165, 1.54) is 0 Å². The molecular formula is C30H36N2O3. The first kappa shape index (κ1) is 24.8. The van der Waals surface area contributed by atoms with Gasteiger partial charge in [0.15, 0.2) is 0 Å². The van der Waals surface area contributed by atoms with Crippen LogP contribution in [0.25, 0.3) is 0 Å². The van der Waals surface area contributed by atoms with E-state index >= 15 is 0 Å². The maximum Gasteiger partial charge on any atom is 0.223 e. The van der Waals surface area contributed by atoms with E-state index in [0.717, 1.165) is 48.4 Å². The summed E-state index contributed by atoms with van der Waals surface area (Å²) in [5.74, 6) is 1.33. The quantitative estimate of drug-likeness (QED) is 0.452. The topological polar surface area (TPSA) is 53.0 Å². The first-order valence-corrected chi connectivity index (χ1v) is 12.4. The third-order valence-corrected chi connectivity index (χ3v) is 7.05. The highest BCUT2D eigenvalue weighted by Crippen LogP contribution is 2.37. The van der Waals surface area contributed by atoms with Gasteiger partial charge in [0.05, 0.1) is 6.61 Å². The van der Waals surface area contributed by atoms with E-state index in [0.29, 0.717) is 31.9 Å². The van der Waals surface area contributed by atoms with E-state index in [4.69, 9.17) is 4.74 Å². The minimum Gasteiger partial charge on any atom is -0.508 e. The molecule has 1 fully saturated rings. The Morgan fingerprint density at radius 3 is 2.34 bits per heavy atom. The number of aromatic hydroxyl groups is 1. The van der Waals surface area contributed by atoms with Crippen molar-refractivity contribution in [3.63, 3.8) is 0 Å². The highest BCUT2D eigenvalue weighted by Gasteiger charge is 2.38. The summed E-state index contributed by atoms with van der Waals surface area (Å²) in [6.07, 6.45) is 2.21. The molecule has 0 aliphatic carbocycles. The summed E-state index contributed by atoms with van der Waals surface area (Å²) in [6, 6.07) is 25.7. The number of piperidine rings is 1. The van der Waals surface area contributed by atoms with Crippen LogP contribution in [-0.2, 0) is 17.9 Å². The minimum atomic E-state index is -0.219. The van der Waals surface area contributed by atoms with Crippen LogP contribution in [0.15, 0.2) is 78.9 Å². The molecule has 1 aliphatic heterocycles. The van der Waals surface area contributed by atoms with Crippen LogP contribution in [0.4, 0.5) is 0 Å². The van der Waals surface area contributed by atoms with Gasteiger partial charge < -0.3 is 14.7 Å². The number of carbonyl (C=O) groups is 1. The number of hydrogen-bond acceptors (Lipinski definition) is 4. The first-order valence-electron chi connectivity index (χ1n) is 12.4. The Kier molecular flexibility index (Phi) is 8.09. The highest BCUT2D eigenvalue weighted by molar-refractivity contribution is 5.76. The van der Waals surface area contributed by atoms with Gasteiger partial charge in [-0.25, -0.2) is 0 Å². The van der Waals surface area contributed by atoms with Crippen LogP contribution in [0.3, 0.4) is 0 Å². The van der Waals surface area contributed by atoms with Gasteiger partial charge in [0, 0.05) is 37.5 Å². The molecule has 0 saturated carbocycles. The number of likely N-dealkylation sites (tertiary alicyclic amines) is 1. The van der Waals surface area contributed by atoms with Crippen molar-refractivity contribution in [3.8, 4) is 11.5 Å². The van der Waals surface area contributed by atoms with Crippen LogP contribution in [0.5, 0.6) is 11.5 Å². The Morgan fingerprint density at radius 1 is 1.00 bits per heavy atom. The molecule has 1 aliphatic rings. The van der Waals surface area contributed by atoms with Crippen molar-refractivity contribution >= 4 is 5.91 Å². The zero-order valence-electron chi connectivity index (χ0n) is 20.8. The van der Waals surface area contributed by atoms with E-state index in [1.54, 1.807) is 6.07 Å². The Hall–Kier alpha value is -3.31. The average Bonchev–Trinajstić information content (AvgIpc) is 2.87. The number of amides is 1. The van der Waals surface area contributed by atoms with Gasteiger partial charge in [-0.3, -0.25) is 9.69 Å². The summed E-state index contributed by atoms with van der Waals surface area (Å²) in [5.41, 5.74) is 3.01. The summed E-state index contributed by atoms with van der Waals surface area (Å²) in [4.78, 5) is 17.5. The Bertz CT molecular complexity index is 1090. The predicted molar refractivity (Wildman–Crippen MR) is 139 cm³/mol. The molecule has 0 bridgehead atoms. The van der Waals surface area contributed by atoms with Crippen LogP contribution in [0.2, 0.25) is 0 Å². The summed E-state index contributed by atoms with van der Waals surface area (Å²) in [7, 11) is 1.89. The minimum absolute atomic E-state index is 0.148. The summed E-state index contributed by atoms with van der Waals surface area (Å²) in [6.45, 7) is 5.61. The second-order valence-electron chi connectivity index (χ2n) is 9.92. The van der Waals surface area contributed by atoms with E-state index in [-0.39, 0.29) is 11.3 Å². The molecule has 0 atom stereocenters. The van der Waals surface area contributed by atoms with Crippen molar-refractivity contribution in [1.29, 1.82) is 0 Å². The fraction of sp³-hybridized carbons (Fsp3) is 0.367. The van der Waals surface area contributed by atoms with Crippen LogP contribution >= 0.6 is 0 Å². The lowest BCUT2D eigenvalue weighted by Gasteiger charge is -2.42. The molecular weight excluding hydrogens is 436 g/mol. The lowest BCUT2D eigenvalue weighted by molar-refractivity contribution is -0.134. The van der Waals surface area contributed by atoms with Gasteiger partial charge in [-0.15, -0.1) is 0 Å². The number of para-hydroxylation sites is 1. The van der Waals surface area contributed by atoms with Gasteiger partial charge in [-0.2, -0.15) is 0 Å². The van der Waals surface area contributed by atoms with Crippen LogP contribution in [0.1, 0.15) is 36.0 Å². The molecule has 1 amide bonds. The molecule has 0 unspecified atom stereocenters. The molecule has 184 valence electrons. The van der Waals surface area contributed by atoms with E-state index in [1.807, 2.05) is 73.5 Å². The van der Waals surface area contributed by atoms with Gasteiger partial charge in [0.1, 0.15) is 11.5 Å². The lowest BCUT2D eigenvalue weighted by Crippen LogP contribution is -2.45. The SMILES string of the molecule is Cc1ccc(O)c(CN2CCC(COc3ccccc3)(CC(=O)N(C)Cc3ccccc3)CC2)c1. The maximum atomic E-state index is 13.3. The summed E-state index contributed by atoms with van der Waals surface area (Å²) in [5, 5.41) is 10.3. The highest BCUT2D eigenvalue weighted by atomic mass is 16.5. The smallest absolute Gasteiger partial charge is 0.223 e. The monoisotopic (exact) mass is 472 g/mol. The molecule has 35 heavy (non-hydrogen) atoms. The van der Waals surface area contributed by atoms with E-state index in [9.17, 15) is 9.90 Å².